The van der Waals surface area contributed by atoms with Crippen molar-refractivity contribution < 1.29 is 4.39 Å². The van der Waals surface area contributed by atoms with Crippen LogP contribution < -0.4 is 0 Å². The summed E-state index contributed by atoms with van der Waals surface area (Å²) in [7, 11) is 0. The molecule has 15 heavy (non-hydrogen) atoms. The minimum atomic E-state index is -0.118. The van der Waals surface area contributed by atoms with Gasteiger partial charge in [0.1, 0.15) is 5.82 Å². The molecule has 0 aliphatic heterocycles. The zero-order valence-corrected chi connectivity index (χ0v) is 9.80. The van der Waals surface area contributed by atoms with Crippen molar-refractivity contribution in [2.75, 3.05) is 0 Å². The van der Waals surface area contributed by atoms with Gasteiger partial charge in [-0.3, -0.25) is 0 Å². The van der Waals surface area contributed by atoms with Crippen LogP contribution in [0.5, 0.6) is 0 Å². The van der Waals surface area contributed by atoms with Gasteiger partial charge in [-0.25, -0.2) is 4.39 Å². The van der Waals surface area contributed by atoms with Crippen molar-refractivity contribution in [2.45, 2.75) is 51.9 Å². The van der Waals surface area contributed by atoms with Gasteiger partial charge < -0.3 is 0 Å². The fourth-order valence-electron chi connectivity index (χ4n) is 1.86. The zero-order chi connectivity index (χ0) is 11.1. The lowest BCUT2D eigenvalue weighted by molar-refractivity contribution is 0.573. The lowest BCUT2D eigenvalue weighted by Crippen LogP contribution is -1.94. The standard InChI is InChI=1S/C14H21F/c1-3-4-5-6-8-12(2)13-9-7-10-14(15)11-13/h7,9-12H,3-6,8H2,1-2H3. The van der Waals surface area contributed by atoms with E-state index in [0.29, 0.717) is 5.92 Å². The first-order chi connectivity index (χ1) is 7.24. The summed E-state index contributed by atoms with van der Waals surface area (Å²) in [5.41, 5.74) is 1.13. The highest BCUT2D eigenvalue weighted by Gasteiger charge is 2.05. The summed E-state index contributed by atoms with van der Waals surface area (Å²) >= 11 is 0. The molecule has 0 aliphatic rings. The third kappa shape index (κ3) is 4.46. The van der Waals surface area contributed by atoms with Crippen LogP contribution in [-0.2, 0) is 0 Å². The minimum absolute atomic E-state index is 0.118. The van der Waals surface area contributed by atoms with Crippen LogP contribution in [0.1, 0.15) is 57.4 Å². The molecule has 1 heteroatoms. The molecule has 0 saturated heterocycles. The van der Waals surface area contributed by atoms with E-state index in [0.717, 1.165) is 5.56 Å². The molecule has 0 bridgehead atoms. The second-order valence-electron chi connectivity index (χ2n) is 4.31. The maximum Gasteiger partial charge on any atom is 0.123 e. The van der Waals surface area contributed by atoms with Crippen molar-refractivity contribution in [3.63, 3.8) is 0 Å². The maximum atomic E-state index is 13.0. The molecule has 1 aromatic rings. The third-order valence-corrected chi connectivity index (χ3v) is 2.91. The topological polar surface area (TPSA) is 0 Å². The Bertz CT molecular complexity index is 280. The first-order valence-electron chi connectivity index (χ1n) is 5.99. The number of rotatable bonds is 6. The Balaban J connectivity index is 2.36. The fraction of sp³-hybridized carbons (Fsp3) is 0.571. The average molecular weight is 208 g/mol. The summed E-state index contributed by atoms with van der Waals surface area (Å²) in [6.45, 7) is 4.40. The van der Waals surface area contributed by atoms with E-state index in [1.54, 1.807) is 12.1 Å². The molecule has 1 unspecified atom stereocenters. The lowest BCUT2D eigenvalue weighted by Gasteiger charge is -2.11. The summed E-state index contributed by atoms with van der Waals surface area (Å²) in [5.74, 6) is 0.366. The Kier molecular flexibility index (Phi) is 5.38. The maximum absolute atomic E-state index is 13.0. The molecular weight excluding hydrogens is 187 g/mol. The van der Waals surface area contributed by atoms with Gasteiger partial charge in [0.2, 0.25) is 0 Å². The first-order valence-corrected chi connectivity index (χ1v) is 5.99. The van der Waals surface area contributed by atoms with Gasteiger partial charge in [0, 0.05) is 0 Å². The van der Waals surface area contributed by atoms with Crippen molar-refractivity contribution >= 4 is 0 Å². The molecule has 1 atom stereocenters. The highest BCUT2D eigenvalue weighted by atomic mass is 19.1. The van der Waals surface area contributed by atoms with E-state index < -0.39 is 0 Å². The van der Waals surface area contributed by atoms with Gasteiger partial charge in [0.15, 0.2) is 0 Å². The Hall–Kier alpha value is -0.850. The molecule has 0 aliphatic carbocycles. The van der Waals surface area contributed by atoms with E-state index >= 15 is 0 Å². The highest BCUT2D eigenvalue weighted by molar-refractivity contribution is 5.19. The van der Waals surface area contributed by atoms with Gasteiger partial charge in [-0.05, 0) is 30.0 Å². The van der Waals surface area contributed by atoms with Gasteiger partial charge in [-0.1, -0.05) is 51.7 Å². The van der Waals surface area contributed by atoms with E-state index in [1.165, 1.54) is 38.2 Å². The van der Waals surface area contributed by atoms with Gasteiger partial charge in [0.25, 0.3) is 0 Å². The van der Waals surface area contributed by atoms with Crippen LogP contribution in [0.2, 0.25) is 0 Å². The summed E-state index contributed by atoms with van der Waals surface area (Å²) < 4.78 is 13.0. The SMILES string of the molecule is CCCCCCC(C)c1cccc(F)c1. The molecule has 0 spiro atoms. The largest absolute Gasteiger partial charge is 0.207 e. The molecule has 0 saturated carbocycles. The molecule has 0 N–H and O–H groups in total. The van der Waals surface area contributed by atoms with Crippen molar-refractivity contribution in [3.8, 4) is 0 Å². The van der Waals surface area contributed by atoms with Crippen molar-refractivity contribution in [2.24, 2.45) is 0 Å². The Morgan fingerprint density at radius 3 is 2.67 bits per heavy atom. The number of benzene rings is 1. The van der Waals surface area contributed by atoms with Gasteiger partial charge in [0.05, 0.1) is 0 Å². The van der Waals surface area contributed by atoms with Crippen molar-refractivity contribution in [1.29, 1.82) is 0 Å². The molecule has 0 amide bonds. The van der Waals surface area contributed by atoms with E-state index in [2.05, 4.69) is 13.8 Å². The summed E-state index contributed by atoms with van der Waals surface area (Å²) in [6.07, 6.45) is 6.31. The van der Waals surface area contributed by atoms with Crippen LogP contribution >= 0.6 is 0 Å². The summed E-state index contributed by atoms with van der Waals surface area (Å²) in [6, 6.07) is 6.98. The minimum Gasteiger partial charge on any atom is -0.207 e. The van der Waals surface area contributed by atoms with Crippen molar-refractivity contribution in [3.05, 3.63) is 35.6 Å². The van der Waals surface area contributed by atoms with Gasteiger partial charge in [-0.2, -0.15) is 0 Å². The summed E-state index contributed by atoms with van der Waals surface area (Å²) in [5, 5.41) is 0. The molecule has 84 valence electrons. The lowest BCUT2D eigenvalue weighted by atomic mass is 9.95. The van der Waals surface area contributed by atoms with E-state index in [-0.39, 0.29) is 5.82 Å². The second kappa shape index (κ2) is 6.60. The number of halogens is 1. The van der Waals surface area contributed by atoms with Crippen LogP contribution in [0.15, 0.2) is 24.3 Å². The van der Waals surface area contributed by atoms with E-state index in [1.807, 2.05) is 6.07 Å². The normalized spacial score (nSPS) is 12.7. The Labute approximate surface area is 92.5 Å². The molecule has 0 aromatic heterocycles. The third-order valence-electron chi connectivity index (χ3n) is 2.91. The molecule has 0 fully saturated rings. The first kappa shape index (κ1) is 12.2. The van der Waals surface area contributed by atoms with Crippen LogP contribution in [0.25, 0.3) is 0 Å². The Morgan fingerprint density at radius 1 is 1.20 bits per heavy atom. The predicted molar refractivity (Wildman–Crippen MR) is 63.6 cm³/mol. The molecule has 0 radical (unpaired) electrons. The quantitative estimate of drug-likeness (QED) is 0.583. The number of unbranched alkanes of at least 4 members (excludes halogenated alkanes) is 3. The average Bonchev–Trinajstić information content (AvgIpc) is 2.24. The molecule has 1 rings (SSSR count). The highest BCUT2D eigenvalue weighted by Crippen LogP contribution is 2.22. The molecule has 0 heterocycles. The number of hydrogen-bond donors (Lipinski definition) is 0. The fourth-order valence-corrected chi connectivity index (χ4v) is 1.86. The van der Waals surface area contributed by atoms with Crippen LogP contribution in [0.3, 0.4) is 0 Å². The summed E-state index contributed by atoms with van der Waals surface area (Å²) in [4.78, 5) is 0. The number of hydrogen-bond acceptors (Lipinski definition) is 0. The Morgan fingerprint density at radius 2 is 2.00 bits per heavy atom. The van der Waals surface area contributed by atoms with Crippen LogP contribution in [-0.4, -0.2) is 0 Å². The van der Waals surface area contributed by atoms with Crippen molar-refractivity contribution in [1.82, 2.24) is 0 Å². The van der Waals surface area contributed by atoms with Gasteiger partial charge in [-0.15, -0.1) is 0 Å². The monoisotopic (exact) mass is 208 g/mol. The van der Waals surface area contributed by atoms with E-state index in [9.17, 15) is 4.39 Å². The van der Waals surface area contributed by atoms with Gasteiger partial charge >= 0.3 is 0 Å². The zero-order valence-electron chi connectivity index (χ0n) is 9.80. The molecule has 0 nitrogen and oxygen atoms in total. The predicted octanol–water partition coefficient (Wildman–Crippen LogP) is 4.90. The van der Waals surface area contributed by atoms with Crippen LogP contribution in [0.4, 0.5) is 4.39 Å². The second-order valence-corrected chi connectivity index (χ2v) is 4.31. The van der Waals surface area contributed by atoms with Crippen LogP contribution in [0, 0.1) is 5.82 Å². The van der Waals surface area contributed by atoms with E-state index in [4.69, 9.17) is 0 Å². The smallest absolute Gasteiger partial charge is 0.123 e. The molecular formula is C14H21F. The molecule has 1 aromatic carbocycles.